The highest BCUT2D eigenvalue weighted by atomic mass is 16.5. The van der Waals surface area contributed by atoms with Crippen molar-refractivity contribution < 1.29 is 14.3 Å². The normalized spacial score (nSPS) is 14.6. The molecule has 0 saturated carbocycles. The van der Waals surface area contributed by atoms with Crippen molar-refractivity contribution in [1.29, 1.82) is 0 Å². The van der Waals surface area contributed by atoms with E-state index >= 15 is 0 Å². The molecule has 4 aromatic rings. The molecule has 35 heavy (non-hydrogen) atoms. The number of nitrogens with zero attached hydrogens (tertiary/aromatic N) is 5. The van der Waals surface area contributed by atoms with Crippen molar-refractivity contribution >= 4 is 27.8 Å². The van der Waals surface area contributed by atoms with Gasteiger partial charge >= 0.3 is 5.97 Å². The fourth-order valence-electron chi connectivity index (χ4n) is 4.32. The number of morpholine rings is 1. The molecule has 1 aliphatic rings. The van der Waals surface area contributed by atoms with Gasteiger partial charge in [0.2, 0.25) is 0 Å². The van der Waals surface area contributed by atoms with Crippen LogP contribution in [-0.2, 0) is 16.0 Å². The molecular formula is C24H26N6O5. The lowest BCUT2D eigenvalue weighted by Crippen LogP contribution is -2.39. The molecule has 1 saturated heterocycles. The molecule has 0 aliphatic carbocycles. The van der Waals surface area contributed by atoms with Gasteiger partial charge < -0.3 is 14.0 Å². The first kappa shape index (κ1) is 22.9. The first-order chi connectivity index (χ1) is 17.0. The molecule has 5 heterocycles. The van der Waals surface area contributed by atoms with Crippen LogP contribution < -0.4 is 11.1 Å². The third-order valence-electron chi connectivity index (χ3n) is 6.21. The number of hydrogen-bond donors (Lipinski definition) is 1. The second-order valence-electron chi connectivity index (χ2n) is 8.38. The van der Waals surface area contributed by atoms with Crippen LogP contribution >= 0.6 is 0 Å². The van der Waals surface area contributed by atoms with Crippen molar-refractivity contribution in [2.45, 2.75) is 20.4 Å². The number of aryl methyl sites for hydroxylation is 1. The summed E-state index contributed by atoms with van der Waals surface area (Å²) in [5.74, 6) is -0.426. The van der Waals surface area contributed by atoms with Crippen molar-refractivity contribution in [3.8, 4) is 5.82 Å². The third kappa shape index (κ3) is 4.24. The smallest absolute Gasteiger partial charge is 0.343 e. The van der Waals surface area contributed by atoms with Crippen molar-refractivity contribution in [2.75, 3.05) is 39.5 Å². The van der Waals surface area contributed by atoms with Crippen LogP contribution in [0.15, 0.2) is 40.2 Å². The van der Waals surface area contributed by atoms with Crippen LogP contribution in [0.5, 0.6) is 0 Å². The van der Waals surface area contributed by atoms with E-state index in [4.69, 9.17) is 9.47 Å². The summed E-state index contributed by atoms with van der Waals surface area (Å²) < 4.78 is 13.4. The predicted octanol–water partition coefficient (Wildman–Crippen LogP) is 1.24. The Balaban J connectivity index is 1.56. The molecule has 182 valence electrons. The van der Waals surface area contributed by atoms with Crippen LogP contribution in [0.2, 0.25) is 0 Å². The van der Waals surface area contributed by atoms with Gasteiger partial charge in [0.05, 0.1) is 41.6 Å². The Morgan fingerprint density at radius 2 is 1.80 bits per heavy atom. The Kier molecular flexibility index (Phi) is 6.18. The van der Waals surface area contributed by atoms with E-state index in [1.54, 1.807) is 42.8 Å². The van der Waals surface area contributed by atoms with Crippen LogP contribution in [0.3, 0.4) is 0 Å². The number of H-pyrrole nitrogens is 1. The highest BCUT2D eigenvalue weighted by molar-refractivity contribution is 5.95. The maximum Gasteiger partial charge on any atom is 0.343 e. The SMILES string of the molecule is CCOC(=O)c1c(-n2ccc3nc4ccn(CCN5CCOCC5)c(=O)c4cc3c2=O)n[nH]c1C. The maximum atomic E-state index is 13.4. The van der Waals surface area contributed by atoms with Crippen LogP contribution in [0, 0.1) is 6.92 Å². The van der Waals surface area contributed by atoms with Crippen molar-refractivity contribution in [2.24, 2.45) is 0 Å². The van der Waals surface area contributed by atoms with E-state index < -0.39 is 11.5 Å². The van der Waals surface area contributed by atoms with Crippen LogP contribution in [0.25, 0.3) is 27.6 Å². The number of fused-ring (bicyclic) bond motifs is 2. The third-order valence-corrected chi connectivity index (χ3v) is 6.21. The minimum absolute atomic E-state index is 0.143. The second kappa shape index (κ2) is 9.43. The number of hydrogen-bond acceptors (Lipinski definition) is 8. The molecule has 1 N–H and O–H groups in total. The lowest BCUT2D eigenvalue weighted by atomic mass is 10.2. The summed E-state index contributed by atoms with van der Waals surface area (Å²) >= 11 is 0. The first-order valence-corrected chi connectivity index (χ1v) is 11.6. The lowest BCUT2D eigenvalue weighted by Gasteiger charge is -2.26. The van der Waals surface area contributed by atoms with Crippen LogP contribution in [-0.4, -0.2) is 74.6 Å². The van der Waals surface area contributed by atoms with Gasteiger partial charge in [0.15, 0.2) is 5.82 Å². The number of pyridine rings is 3. The average Bonchev–Trinajstić information content (AvgIpc) is 3.25. The molecule has 11 nitrogen and oxygen atoms in total. The summed E-state index contributed by atoms with van der Waals surface area (Å²) in [7, 11) is 0. The summed E-state index contributed by atoms with van der Waals surface area (Å²) in [4.78, 5) is 45.9. The van der Waals surface area contributed by atoms with Gasteiger partial charge in [-0.25, -0.2) is 9.78 Å². The topological polar surface area (TPSA) is 124 Å². The van der Waals surface area contributed by atoms with Crippen molar-refractivity contribution in [1.82, 2.24) is 29.2 Å². The monoisotopic (exact) mass is 478 g/mol. The Bertz CT molecular complexity index is 1530. The van der Waals surface area contributed by atoms with Crippen LogP contribution in [0.4, 0.5) is 0 Å². The van der Waals surface area contributed by atoms with Crippen LogP contribution in [0.1, 0.15) is 23.0 Å². The second-order valence-corrected chi connectivity index (χ2v) is 8.38. The quantitative estimate of drug-likeness (QED) is 0.324. The standard InChI is InChI=1S/C24H26N6O5/c1-3-35-24(33)20-15(2)26-27-21(20)30-7-5-19-17(23(30)32)14-16-18(25-19)4-6-29(22(16)31)9-8-28-10-12-34-13-11-28/h4-7,14H,3,8-13H2,1-2H3,(H,26,27). The number of aromatic amines is 1. The van der Waals surface area contributed by atoms with Gasteiger partial charge in [-0.2, -0.15) is 5.10 Å². The molecule has 0 bridgehead atoms. The van der Waals surface area contributed by atoms with Gasteiger partial charge in [0, 0.05) is 44.3 Å². The zero-order valence-electron chi connectivity index (χ0n) is 19.6. The highest BCUT2D eigenvalue weighted by Crippen LogP contribution is 2.19. The number of nitrogens with one attached hydrogen (secondary N) is 1. The van der Waals surface area contributed by atoms with E-state index in [0.717, 1.165) is 19.6 Å². The zero-order chi connectivity index (χ0) is 24.5. The van der Waals surface area contributed by atoms with Gasteiger partial charge in [-0.1, -0.05) is 0 Å². The lowest BCUT2D eigenvalue weighted by molar-refractivity contribution is 0.0363. The molecule has 5 rings (SSSR count). The fraction of sp³-hybridized carbons (Fsp3) is 0.375. The van der Waals surface area contributed by atoms with Gasteiger partial charge in [0.25, 0.3) is 11.1 Å². The highest BCUT2D eigenvalue weighted by Gasteiger charge is 2.22. The van der Waals surface area contributed by atoms with E-state index in [2.05, 4.69) is 20.1 Å². The van der Waals surface area contributed by atoms with E-state index in [1.807, 2.05) is 0 Å². The van der Waals surface area contributed by atoms with E-state index in [0.29, 0.717) is 41.9 Å². The molecular weight excluding hydrogens is 452 g/mol. The summed E-state index contributed by atoms with van der Waals surface area (Å²) in [5.41, 5.74) is 1.01. The summed E-state index contributed by atoms with van der Waals surface area (Å²) in [6, 6.07) is 5.03. The number of ether oxygens (including phenoxy) is 2. The fourth-order valence-corrected chi connectivity index (χ4v) is 4.32. The predicted molar refractivity (Wildman–Crippen MR) is 129 cm³/mol. The number of rotatable bonds is 6. The van der Waals surface area contributed by atoms with Crippen molar-refractivity contribution in [3.05, 3.63) is 62.6 Å². The molecule has 1 aliphatic heterocycles. The van der Waals surface area contributed by atoms with Gasteiger partial charge in [-0.15, -0.1) is 0 Å². The van der Waals surface area contributed by atoms with Gasteiger partial charge in [-0.05, 0) is 32.0 Å². The summed E-state index contributed by atoms with van der Waals surface area (Å²) in [5, 5.41) is 7.53. The Morgan fingerprint density at radius 1 is 1.09 bits per heavy atom. The van der Waals surface area contributed by atoms with E-state index in [9.17, 15) is 14.4 Å². The van der Waals surface area contributed by atoms with Gasteiger partial charge in [-0.3, -0.25) is 24.2 Å². The van der Waals surface area contributed by atoms with E-state index in [1.165, 1.54) is 10.8 Å². The number of carbonyl (C=O) groups excluding carboxylic acids is 1. The molecule has 0 amide bonds. The Morgan fingerprint density at radius 3 is 2.54 bits per heavy atom. The molecule has 0 unspecified atom stereocenters. The molecule has 0 spiro atoms. The first-order valence-electron chi connectivity index (χ1n) is 11.6. The molecule has 0 radical (unpaired) electrons. The molecule has 11 heteroatoms. The number of carbonyl (C=O) groups is 1. The molecule has 4 aromatic heterocycles. The largest absolute Gasteiger partial charge is 0.462 e. The van der Waals surface area contributed by atoms with Crippen molar-refractivity contribution in [3.63, 3.8) is 0 Å². The minimum atomic E-state index is -0.569. The molecule has 0 aromatic carbocycles. The molecule has 0 atom stereocenters. The minimum Gasteiger partial charge on any atom is -0.462 e. The number of aromatic nitrogens is 5. The maximum absolute atomic E-state index is 13.4. The van der Waals surface area contributed by atoms with E-state index in [-0.39, 0.29) is 28.9 Å². The zero-order valence-corrected chi connectivity index (χ0v) is 19.6. The molecule has 1 fully saturated rings. The van der Waals surface area contributed by atoms with Gasteiger partial charge in [0.1, 0.15) is 5.56 Å². The number of esters is 1. The Hall–Kier alpha value is -3.83. The summed E-state index contributed by atoms with van der Waals surface area (Å²) in [6.45, 7) is 7.93. The summed E-state index contributed by atoms with van der Waals surface area (Å²) in [6.07, 6.45) is 3.26. The Labute approximate surface area is 199 Å². The average molecular weight is 479 g/mol.